The molecule has 27 heavy (non-hydrogen) atoms. The second-order valence-corrected chi connectivity index (χ2v) is 6.50. The number of halogens is 1. The molecule has 0 bridgehead atoms. The molecule has 0 unspecified atom stereocenters. The fourth-order valence-electron chi connectivity index (χ4n) is 2.97. The zero-order valence-corrected chi connectivity index (χ0v) is 15.1. The summed E-state index contributed by atoms with van der Waals surface area (Å²) in [6, 6.07) is 22.3. The molecule has 0 amide bonds. The van der Waals surface area contributed by atoms with Crippen LogP contribution in [0.25, 0.3) is 0 Å². The number of nitrogens with zero attached hydrogens (tertiary/aromatic N) is 3. The Kier molecular flexibility index (Phi) is 4.42. The van der Waals surface area contributed by atoms with Crippen LogP contribution in [0.2, 0.25) is 0 Å². The normalized spacial score (nSPS) is 13.0. The van der Waals surface area contributed by atoms with Crippen molar-refractivity contribution in [2.75, 3.05) is 19.0 Å². The van der Waals surface area contributed by atoms with Crippen molar-refractivity contribution in [3.8, 4) is 0 Å². The Hall–Kier alpha value is -3.47. The third-order valence-electron chi connectivity index (χ3n) is 4.42. The second kappa shape index (κ2) is 7.03. The van der Waals surface area contributed by atoms with Crippen LogP contribution in [0.1, 0.15) is 16.7 Å². The van der Waals surface area contributed by atoms with Crippen LogP contribution in [0.4, 0.5) is 15.8 Å². The maximum atomic E-state index is 14.0. The minimum Gasteiger partial charge on any atom is -0.378 e. The summed E-state index contributed by atoms with van der Waals surface area (Å²) in [4.78, 5) is 6.72. The Morgan fingerprint density at radius 3 is 2.30 bits per heavy atom. The standard InChI is InChI=1S/C22H19FN4/c1-27(2)18-11-8-15(9-12-18)21-19-14-17(23)10-13-20(19)24-22(26-25-21)16-6-4-3-5-7-16/h3-14H,1-2H3,(H,24,26). The van der Waals surface area contributed by atoms with E-state index in [0.29, 0.717) is 22.8 Å². The van der Waals surface area contributed by atoms with Crippen LogP contribution in [-0.2, 0) is 0 Å². The fraction of sp³-hybridized carbons (Fsp3) is 0.0909. The van der Waals surface area contributed by atoms with Gasteiger partial charge in [-0.3, -0.25) is 5.43 Å². The topological polar surface area (TPSA) is 40.0 Å². The highest BCUT2D eigenvalue weighted by Crippen LogP contribution is 2.27. The summed E-state index contributed by atoms with van der Waals surface area (Å²) in [5.74, 6) is 0.313. The van der Waals surface area contributed by atoms with Crippen molar-refractivity contribution < 1.29 is 4.39 Å². The summed E-state index contributed by atoms with van der Waals surface area (Å²) < 4.78 is 14.0. The highest BCUT2D eigenvalue weighted by Gasteiger charge is 2.18. The summed E-state index contributed by atoms with van der Waals surface area (Å²) in [7, 11) is 3.98. The maximum Gasteiger partial charge on any atom is 0.154 e. The van der Waals surface area contributed by atoms with Crippen LogP contribution in [0.15, 0.2) is 82.9 Å². The van der Waals surface area contributed by atoms with Gasteiger partial charge in [0.25, 0.3) is 0 Å². The number of hydrogen-bond donors (Lipinski definition) is 1. The molecule has 134 valence electrons. The predicted octanol–water partition coefficient (Wildman–Crippen LogP) is 4.33. The van der Waals surface area contributed by atoms with E-state index in [1.54, 1.807) is 6.07 Å². The third-order valence-corrected chi connectivity index (χ3v) is 4.42. The largest absolute Gasteiger partial charge is 0.378 e. The fourth-order valence-corrected chi connectivity index (χ4v) is 2.97. The Labute approximate surface area is 157 Å². The molecular formula is C22H19FN4. The minimum atomic E-state index is -0.315. The van der Waals surface area contributed by atoms with Crippen molar-refractivity contribution in [2.24, 2.45) is 10.1 Å². The molecule has 1 aliphatic heterocycles. The molecule has 0 spiro atoms. The average Bonchev–Trinajstić information content (AvgIpc) is 2.88. The molecule has 1 heterocycles. The zero-order chi connectivity index (χ0) is 18.8. The van der Waals surface area contributed by atoms with Gasteiger partial charge in [0.05, 0.1) is 5.69 Å². The van der Waals surface area contributed by atoms with Gasteiger partial charge >= 0.3 is 0 Å². The number of benzene rings is 3. The lowest BCUT2D eigenvalue weighted by Crippen LogP contribution is -2.19. The van der Waals surface area contributed by atoms with Gasteiger partial charge in [0.1, 0.15) is 11.5 Å². The molecule has 0 fully saturated rings. The molecule has 4 nitrogen and oxygen atoms in total. The summed E-state index contributed by atoms with van der Waals surface area (Å²) in [5.41, 5.74) is 7.94. The van der Waals surface area contributed by atoms with Crippen molar-refractivity contribution in [1.29, 1.82) is 0 Å². The van der Waals surface area contributed by atoms with Crippen LogP contribution in [0.3, 0.4) is 0 Å². The predicted molar refractivity (Wildman–Crippen MR) is 109 cm³/mol. The Morgan fingerprint density at radius 1 is 0.852 bits per heavy atom. The van der Waals surface area contributed by atoms with Crippen LogP contribution in [-0.4, -0.2) is 25.6 Å². The first kappa shape index (κ1) is 17.0. The first-order chi connectivity index (χ1) is 13.1. The maximum absolute atomic E-state index is 14.0. The summed E-state index contributed by atoms with van der Waals surface area (Å²) in [5, 5.41) is 4.56. The third kappa shape index (κ3) is 3.44. The second-order valence-electron chi connectivity index (χ2n) is 6.50. The van der Waals surface area contributed by atoms with Crippen molar-refractivity contribution in [3.63, 3.8) is 0 Å². The van der Waals surface area contributed by atoms with Crippen LogP contribution >= 0.6 is 0 Å². The van der Waals surface area contributed by atoms with Gasteiger partial charge in [-0.25, -0.2) is 9.38 Å². The minimum absolute atomic E-state index is 0.315. The molecule has 0 saturated carbocycles. The van der Waals surface area contributed by atoms with Crippen LogP contribution in [0, 0.1) is 5.82 Å². The Morgan fingerprint density at radius 2 is 1.59 bits per heavy atom. The Balaban J connectivity index is 1.82. The molecule has 5 heteroatoms. The van der Waals surface area contributed by atoms with Crippen LogP contribution < -0.4 is 10.3 Å². The molecule has 0 aromatic heterocycles. The number of hydrazone groups is 1. The molecule has 0 atom stereocenters. The van der Waals surface area contributed by atoms with Crippen molar-refractivity contribution in [2.45, 2.75) is 0 Å². The van der Waals surface area contributed by atoms with Crippen LogP contribution in [0.5, 0.6) is 0 Å². The molecule has 0 radical (unpaired) electrons. The number of aliphatic imine (C=N–C) groups is 1. The van der Waals surface area contributed by atoms with Gasteiger partial charge in [-0.2, -0.15) is 5.10 Å². The summed E-state index contributed by atoms with van der Waals surface area (Å²) >= 11 is 0. The lowest BCUT2D eigenvalue weighted by Gasteiger charge is -2.13. The quantitative estimate of drug-likeness (QED) is 0.757. The molecular weight excluding hydrogens is 339 g/mol. The summed E-state index contributed by atoms with van der Waals surface area (Å²) in [6.07, 6.45) is 0. The lowest BCUT2D eigenvalue weighted by atomic mass is 10.0. The van der Waals surface area contributed by atoms with Crippen molar-refractivity contribution in [1.82, 2.24) is 5.43 Å². The molecule has 3 aromatic rings. The van der Waals surface area contributed by atoms with E-state index in [2.05, 4.69) is 15.5 Å². The van der Waals surface area contributed by atoms with Gasteiger partial charge in [-0.05, 0) is 30.3 Å². The SMILES string of the molecule is CN(C)c1ccc(C2=NNC(c3ccccc3)=Nc3ccc(F)cc32)cc1. The average molecular weight is 358 g/mol. The number of amidine groups is 1. The first-order valence-corrected chi connectivity index (χ1v) is 8.67. The monoisotopic (exact) mass is 358 g/mol. The smallest absolute Gasteiger partial charge is 0.154 e. The van der Waals surface area contributed by atoms with Crippen molar-refractivity contribution in [3.05, 3.63) is 95.3 Å². The molecule has 1 aliphatic rings. The molecule has 0 aliphatic carbocycles. The lowest BCUT2D eigenvalue weighted by molar-refractivity contribution is 0.627. The van der Waals surface area contributed by atoms with E-state index >= 15 is 0 Å². The first-order valence-electron chi connectivity index (χ1n) is 8.67. The highest BCUT2D eigenvalue weighted by atomic mass is 19.1. The van der Waals surface area contributed by atoms with E-state index in [9.17, 15) is 4.39 Å². The van der Waals surface area contributed by atoms with E-state index in [1.807, 2.05) is 73.6 Å². The van der Waals surface area contributed by atoms with E-state index in [-0.39, 0.29) is 5.82 Å². The molecule has 4 rings (SSSR count). The summed E-state index contributed by atoms with van der Waals surface area (Å²) in [6.45, 7) is 0. The van der Waals surface area contributed by atoms with E-state index in [4.69, 9.17) is 0 Å². The number of hydrogen-bond acceptors (Lipinski definition) is 4. The molecule has 3 aromatic carbocycles. The van der Waals surface area contributed by atoms with Gasteiger partial charge in [0.2, 0.25) is 0 Å². The van der Waals surface area contributed by atoms with Crippen molar-refractivity contribution >= 4 is 22.9 Å². The van der Waals surface area contributed by atoms with Gasteiger partial charge in [-0.15, -0.1) is 0 Å². The van der Waals surface area contributed by atoms with E-state index < -0.39 is 0 Å². The van der Waals surface area contributed by atoms with Gasteiger partial charge in [-0.1, -0.05) is 42.5 Å². The van der Waals surface area contributed by atoms with Gasteiger partial charge < -0.3 is 4.90 Å². The zero-order valence-electron chi connectivity index (χ0n) is 15.1. The number of fused-ring (bicyclic) bond motifs is 1. The van der Waals surface area contributed by atoms with E-state index in [0.717, 1.165) is 16.8 Å². The van der Waals surface area contributed by atoms with Gasteiger partial charge in [0.15, 0.2) is 5.84 Å². The molecule has 1 N–H and O–H groups in total. The Bertz CT molecular complexity index is 1020. The number of anilines is 1. The number of nitrogens with one attached hydrogen (secondary N) is 1. The number of rotatable bonds is 3. The highest BCUT2D eigenvalue weighted by molar-refractivity contribution is 6.18. The van der Waals surface area contributed by atoms with E-state index in [1.165, 1.54) is 12.1 Å². The molecule has 0 saturated heterocycles. The van der Waals surface area contributed by atoms with Gasteiger partial charge in [0, 0.05) is 36.5 Å².